The Hall–Kier alpha value is -0.860. The molecule has 0 bridgehead atoms. The number of hydrogen-bond donors (Lipinski definition) is 1. The van der Waals surface area contributed by atoms with E-state index in [1.54, 1.807) is 6.08 Å². The molecule has 0 spiro atoms. The highest BCUT2D eigenvalue weighted by molar-refractivity contribution is 5.25. The van der Waals surface area contributed by atoms with E-state index in [2.05, 4.69) is 31.0 Å². The van der Waals surface area contributed by atoms with E-state index in [4.69, 9.17) is 4.74 Å². The van der Waals surface area contributed by atoms with Gasteiger partial charge in [-0.15, -0.1) is 0 Å². The third-order valence-corrected chi connectivity index (χ3v) is 2.33. The molecule has 1 fully saturated rings. The molecule has 1 saturated heterocycles. The second-order valence-corrected chi connectivity index (χ2v) is 3.51. The van der Waals surface area contributed by atoms with Gasteiger partial charge in [0, 0.05) is 12.6 Å². The number of ether oxygens (including phenoxy) is 1. The van der Waals surface area contributed by atoms with E-state index >= 15 is 0 Å². The van der Waals surface area contributed by atoms with E-state index in [9.17, 15) is 0 Å². The summed E-state index contributed by atoms with van der Waals surface area (Å²) in [6.45, 7) is 9.49. The van der Waals surface area contributed by atoms with Crippen LogP contribution in [0.5, 0.6) is 0 Å². The lowest BCUT2D eigenvalue weighted by molar-refractivity contribution is 0.0315. The molecule has 78 valence electrons. The molecule has 0 radical (unpaired) electrons. The fraction of sp³-hybridized carbons (Fsp3) is 0.500. The lowest BCUT2D eigenvalue weighted by Gasteiger charge is -2.29. The second kappa shape index (κ2) is 5.78. The van der Waals surface area contributed by atoms with Crippen molar-refractivity contribution >= 4 is 0 Å². The van der Waals surface area contributed by atoms with Crippen LogP contribution < -0.4 is 5.32 Å². The average molecular weight is 193 g/mol. The monoisotopic (exact) mass is 193 g/mol. The Balaban J connectivity index is 2.54. The summed E-state index contributed by atoms with van der Waals surface area (Å²) in [5.74, 6) is 0. The summed E-state index contributed by atoms with van der Waals surface area (Å²) in [5, 5.41) is 3.40. The molecular formula is C12H19NO. The quantitative estimate of drug-likeness (QED) is 0.693. The molecule has 1 N–H and O–H groups in total. The van der Waals surface area contributed by atoms with Crippen molar-refractivity contribution in [3.8, 4) is 0 Å². The summed E-state index contributed by atoms with van der Waals surface area (Å²) < 4.78 is 5.72. The Morgan fingerprint density at radius 2 is 2.36 bits per heavy atom. The molecule has 0 aliphatic carbocycles. The van der Waals surface area contributed by atoms with Crippen molar-refractivity contribution < 1.29 is 4.74 Å². The van der Waals surface area contributed by atoms with Gasteiger partial charge in [-0.2, -0.15) is 0 Å². The van der Waals surface area contributed by atoms with E-state index in [1.165, 1.54) is 5.57 Å². The van der Waals surface area contributed by atoms with Crippen LogP contribution in [0, 0.1) is 0 Å². The zero-order valence-corrected chi connectivity index (χ0v) is 8.99. The van der Waals surface area contributed by atoms with E-state index < -0.39 is 0 Å². The van der Waals surface area contributed by atoms with Gasteiger partial charge >= 0.3 is 0 Å². The predicted molar refractivity (Wildman–Crippen MR) is 60.3 cm³/mol. The molecule has 1 heterocycles. The van der Waals surface area contributed by atoms with Gasteiger partial charge in [0.05, 0.1) is 12.7 Å². The molecule has 1 aliphatic heterocycles. The van der Waals surface area contributed by atoms with Crippen molar-refractivity contribution in [1.29, 1.82) is 0 Å². The van der Waals surface area contributed by atoms with E-state index in [1.807, 2.05) is 13.0 Å². The maximum Gasteiger partial charge on any atom is 0.0946 e. The zero-order chi connectivity index (χ0) is 10.4. The van der Waals surface area contributed by atoms with Crippen LogP contribution in [0.4, 0.5) is 0 Å². The zero-order valence-electron chi connectivity index (χ0n) is 8.99. The van der Waals surface area contributed by atoms with Crippen molar-refractivity contribution in [2.45, 2.75) is 26.0 Å². The lowest BCUT2D eigenvalue weighted by atomic mass is 10.1. The molecule has 2 heteroatoms. The number of hydrogen-bond acceptors (Lipinski definition) is 2. The van der Waals surface area contributed by atoms with Gasteiger partial charge in [0.2, 0.25) is 0 Å². The first-order valence-corrected chi connectivity index (χ1v) is 5.08. The Bertz CT molecular complexity index is 235. The molecule has 0 aromatic rings. The number of rotatable bonds is 3. The minimum atomic E-state index is 0.187. The van der Waals surface area contributed by atoms with Gasteiger partial charge in [0.1, 0.15) is 0 Å². The smallest absolute Gasteiger partial charge is 0.0946 e. The SMILES string of the molecule is C=C/C=C\C(=C/C)[C@H]1CN[C@@H](C)CO1. The van der Waals surface area contributed by atoms with Crippen LogP contribution in [0.25, 0.3) is 0 Å². The highest BCUT2D eigenvalue weighted by atomic mass is 16.5. The highest BCUT2D eigenvalue weighted by Gasteiger charge is 2.19. The van der Waals surface area contributed by atoms with Gasteiger partial charge in [0.25, 0.3) is 0 Å². The first kappa shape index (κ1) is 11.2. The minimum absolute atomic E-state index is 0.187. The normalized spacial score (nSPS) is 29.4. The standard InChI is InChI=1S/C12H19NO/c1-4-6-7-11(5-2)12-8-13-10(3)9-14-12/h4-7,10,12-13H,1,8-9H2,2-3H3/b7-6-,11-5+/t10-,12+/m0/s1. The van der Waals surface area contributed by atoms with Gasteiger partial charge in [0.15, 0.2) is 0 Å². The van der Waals surface area contributed by atoms with Crippen LogP contribution in [0.1, 0.15) is 13.8 Å². The van der Waals surface area contributed by atoms with E-state index in [0.717, 1.165) is 13.2 Å². The van der Waals surface area contributed by atoms with Crippen LogP contribution in [-0.2, 0) is 4.74 Å². The Kier molecular flexibility index (Phi) is 4.63. The molecule has 2 nitrogen and oxygen atoms in total. The maximum absolute atomic E-state index is 5.72. The molecule has 14 heavy (non-hydrogen) atoms. The second-order valence-electron chi connectivity index (χ2n) is 3.51. The summed E-state index contributed by atoms with van der Waals surface area (Å²) in [6.07, 6.45) is 8.05. The molecule has 0 saturated carbocycles. The molecule has 2 atom stereocenters. The third-order valence-electron chi connectivity index (χ3n) is 2.33. The van der Waals surface area contributed by atoms with E-state index in [-0.39, 0.29) is 6.10 Å². The van der Waals surface area contributed by atoms with Crippen LogP contribution in [0.15, 0.2) is 36.5 Å². The summed E-state index contributed by atoms with van der Waals surface area (Å²) in [7, 11) is 0. The first-order chi connectivity index (χ1) is 6.77. The minimum Gasteiger partial charge on any atom is -0.371 e. The molecular weight excluding hydrogens is 174 g/mol. The van der Waals surface area contributed by atoms with Gasteiger partial charge in [-0.25, -0.2) is 0 Å². The highest BCUT2D eigenvalue weighted by Crippen LogP contribution is 2.12. The van der Waals surface area contributed by atoms with Gasteiger partial charge in [-0.05, 0) is 19.4 Å². The topological polar surface area (TPSA) is 21.3 Å². The van der Waals surface area contributed by atoms with Crippen molar-refractivity contribution in [2.24, 2.45) is 0 Å². The molecule has 0 aromatic heterocycles. The Morgan fingerprint density at radius 3 is 2.86 bits per heavy atom. The van der Waals surface area contributed by atoms with Crippen LogP contribution in [0.3, 0.4) is 0 Å². The Labute approximate surface area is 86.3 Å². The third kappa shape index (κ3) is 3.13. The van der Waals surface area contributed by atoms with Gasteiger partial charge < -0.3 is 10.1 Å². The van der Waals surface area contributed by atoms with Crippen molar-refractivity contribution in [3.63, 3.8) is 0 Å². The summed E-state index contributed by atoms with van der Waals surface area (Å²) in [6, 6.07) is 0.466. The average Bonchev–Trinajstić information content (AvgIpc) is 2.21. The molecule has 1 rings (SSSR count). The molecule has 0 amide bonds. The lowest BCUT2D eigenvalue weighted by Crippen LogP contribution is -2.45. The largest absolute Gasteiger partial charge is 0.371 e. The molecule has 0 aromatic carbocycles. The van der Waals surface area contributed by atoms with Crippen LogP contribution >= 0.6 is 0 Å². The van der Waals surface area contributed by atoms with Crippen LogP contribution in [-0.4, -0.2) is 25.3 Å². The maximum atomic E-state index is 5.72. The first-order valence-electron chi connectivity index (χ1n) is 5.08. The number of allylic oxidation sites excluding steroid dienone is 3. The Morgan fingerprint density at radius 1 is 1.57 bits per heavy atom. The summed E-state index contributed by atoms with van der Waals surface area (Å²) >= 11 is 0. The van der Waals surface area contributed by atoms with Gasteiger partial charge in [-0.1, -0.05) is 30.9 Å². The van der Waals surface area contributed by atoms with Crippen LogP contribution in [0.2, 0.25) is 0 Å². The molecule has 0 unspecified atom stereocenters. The number of morpholine rings is 1. The predicted octanol–water partition coefficient (Wildman–Crippen LogP) is 2.05. The van der Waals surface area contributed by atoms with Crippen molar-refractivity contribution in [1.82, 2.24) is 5.32 Å². The van der Waals surface area contributed by atoms with Crippen molar-refractivity contribution in [3.05, 3.63) is 36.5 Å². The molecule has 1 aliphatic rings. The number of nitrogens with one attached hydrogen (secondary N) is 1. The summed E-state index contributed by atoms with van der Waals surface area (Å²) in [5.41, 5.74) is 1.21. The fourth-order valence-electron chi connectivity index (χ4n) is 1.47. The fourth-order valence-corrected chi connectivity index (χ4v) is 1.47. The van der Waals surface area contributed by atoms with Crippen molar-refractivity contribution in [2.75, 3.05) is 13.2 Å². The van der Waals surface area contributed by atoms with E-state index in [0.29, 0.717) is 6.04 Å². The summed E-state index contributed by atoms with van der Waals surface area (Å²) in [4.78, 5) is 0. The van der Waals surface area contributed by atoms with Gasteiger partial charge in [-0.3, -0.25) is 0 Å².